The summed E-state index contributed by atoms with van der Waals surface area (Å²) in [7, 11) is 6.28. The van der Waals surface area contributed by atoms with E-state index in [1.165, 1.54) is 19.1 Å². The molecule has 0 bridgehead atoms. The number of likely N-dealkylation sites (N-methyl/N-ethyl adjacent to an activating group) is 2. The number of benzene rings is 1. The Hall–Kier alpha value is -3.92. The lowest BCUT2D eigenvalue weighted by Crippen LogP contribution is -2.55. The van der Waals surface area contributed by atoms with Crippen LogP contribution in [0.4, 0.5) is 0 Å². The van der Waals surface area contributed by atoms with Crippen LogP contribution in [0.25, 0.3) is 0 Å². The van der Waals surface area contributed by atoms with Gasteiger partial charge in [0.25, 0.3) is 0 Å². The number of carbonyl (C=O) groups excluding carboxylic acids is 5. The van der Waals surface area contributed by atoms with Gasteiger partial charge < -0.3 is 45.1 Å². The number of likely N-dealkylation sites (tertiary alicyclic amines) is 1. The maximum absolute atomic E-state index is 14.4. The Labute approximate surface area is 352 Å². The number of ketones is 1. The van der Waals surface area contributed by atoms with Crippen molar-refractivity contribution in [1.82, 2.24) is 20.0 Å². The van der Waals surface area contributed by atoms with E-state index in [9.17, 15) is 33.9 Å². The van der Waals surface area contributed by atoms with Crippen molar-refractivity contribution in [2.75, 3.05) is 54.6 Å². The number of aliphatic carboxylic acids is 1. The molecule has 1 aromatic carbocycles. The molecule has 2 rings (SSSR count). The van der Waals surface area contributed by atoms with Gasteiger partial charge in [0.1, 0.15) is 6.04 Å². The number of amides is 4. The van der Waals surface area contributed by atoms with E-state index >= 15 is 0 Å². The number of methoxy groups -OCH3 is 2. The summed E-state index contributed by atoms with van der Waals surface area (Å²) in [6.45, 7) is 14.1. The summed E-state index contributed by atoms with van der Waals surface area (Å²) in [6.07, 6.45) is 0.619. The van der Waals surface area contributed by atoms with Crippen LogP contribution in [0, 0.1) is 23.7 Å². The first-order valence-electron chi connectivity index (χ1n) is 21.0. The number of nitrogens with one attached hydrogen (secondary N) is 1. The highest BCUT2D eigenvalue weighted by atomic mass is 16.5. The maximum atomic E-state index is 14.4. The predicted octanol–water partition coefficient (Wildman–Crippen LogP) is 3.55. The lowest BCUT2D eigenvalue weighted by molar-refractivity contribution is -0.151. The van der Waals surface area contributed by atoms with E-state index in [2.05, 4.69) is 5.32 Å². The van der Waals surface area contributed by atoms with Crippen LogP contribution in [0.3, 0.4) is 0 Å². The van der Waals surface area contributed by atoms with Gasteiger partial charge in [-0.2, -0.15) is 0 Å². The number of carboxylic acid groups (broad SMARTS) is 1. The van der Waals surface area contributed by atoms with Gasteiger partial charge in [-0.15, -0.1) is 0 Å². The van der Waals surface area contributed by atoms with E-state index in [-0.39, 0.29) is 67.6 Å². The van der Waals surface area contributed by atoms with Crippen molar-refractivity contribution in [3.63, 3.8) is 0 Å². The number of hydrogen-bond acceptors (Lipinski definition) is 10. The van der Waals surface area contributed by atoms with E-state index < -0.39 is 59.6 Å². The maximum Gasteiger partial charge on any atom is 0.326 e. The van der Waals surface area contributed by atoms with Crippen LogP contribution < -0.4 is 11.1 Å². The fourth-order valence-corrected chi connectivity index (χ4v) is 7.99. The van der Waals surface area contributed by atoms with Crippen molar-refractivity contribution >= 4 is 35.4 Å². The molecule has 0 unspecified atom stereocenters. The molecule has 0 radical (unpaired) electrons. The minimum Gasteiger partial charge on any atom is -0.480 e. The molecule has 4 N–H and O–H groups in total. The molecule has 15 heteroatoms. The minimum absolute atomic E-state index is 0.0466. The second kappa shape index (κ2) is 24.4. The number of carboxylic acids is 1. The first kappa shape index (κ1) is 51.2. The zero-order valence-corrected chi connectivity index (χ0v) is 37.4. The highest BCUT2D eigenvalue weighted by molar-refractivity contribution is 5.95. The molecule has 334 valence electrons. The lowest BCUT2D eigenvalue weighted by Gasteiger charge is -2.41. The molecule has 1 aliphatic heterocycles. The summed E-state index contributed by atoms with van der Waals surface area (Å²) in [5, 5.41) is 12.6. The molecule has 1 saturated heterocycles. The highest BCUT2D eigenvalue weighted by Crippen LogP contribution is 2.31. The molecule has 1 aromatic rings. The summed E-state index contributed by atoms with van der Waals surface area (Å²) >= 11 is 0. The molecular formula is C44H73N5O10. The topological polar surface area (TPSA) is 198 Å². The summed E-state index contributed by atoms with van der Waals surface area (Å²) in [6, 6.07) is 6.94. The van der Waals surface area contributed by atoms with E-state index in [0.717, 1.165) is 5.56 Å². The van der Waals surface area contributed by atoms with Crippen molar-refractivity contribution in [3.8, 4) is 0 Å². The van der Waals surface area contributed by atoms with Gasteiger partial charge in [-0.25, -0.2) is 4.79 Å². The number of ether oxygens (including phenoxy) is 3. The minimum atomic E-state index is -1.18. The predicted molar refractivity (Wildman–Crippen MR) is 225 cm³/mol. The second-order valence-electron chi connectivity index (χ2n) is 16.8. The number of rotatable bonds is 26. The third-order valence-electron chi connectivity index (χ3n) is 12.3. The summed E-state index contributed by atoms with van der Waals surface area (Å²) in [5.74, 6) is -4.39. The Morgan fingerprint density at radius 2 is 1.63 bits per heavy atom. The molecule has 59 heavy (non-hydrogen) atoms. The Balaban J connectivity index is 2.26. The van der Waals surface area contributed by atoms with Gasteiger partial charge in [-0.05, 0) is 44.1 Å². The number of Topliss-reactive ketones (excluding diaryl/α,β-unsaturated/α-hetero) is 1. The molecule has 0 saturated carbocycles. The van der Waals surface area contributed by atoms with Gasteiger partial charge in [0.2, 0.25) is 23.6 Å². The van der Waals surface area contributed by atoms with Gasteiger partial charge in [0.05, 0.1) is 61.8 Å². The highest BCUT2D eigenvalue weighted by Gasteiger charge is 2.44. The molecule has 1 heterocycles. The zero-order valence-electron chi connectivity index (χ0n) is 37.4. The Kier molecular flexibility index (Phi) is 21.2. The first-order chi connectivity index (χ1) is 27.8. The molecule has 4 amide bonds. The quantitative estimate of drug-likeness (QED) is 0.116. The first-order valence-corrected chi connectivity index (χ1v) is 21.0. The molecule has 1 fully saturated rings. The average Bonchev–Trinajstić information content (AvgIpc) is 3.70. The van der Waals surface area contributed by atoms with Crippen molar-refractivity contribution in [3.05, 3.63) is 35.9 Å². The number of carbonyl (C=O) groups is 6. The SMILES string of the molecule is CC[C@H](C)[C@@H]([C@@H](CC(=O)N1CCC[C@H]1[C@H](OC)[C@@H](C)C(=O)N[C@@H](Cc1ccccc1)C(=O)O)OC)N(C)C(=O)[C@@H](CC(=O)C(C)(C)N(C)C(=O)CCOCCN)C(C)C. The molecule has 8 atom stereocenters. The second-order valence-corrected chi connectivity index (χ2v) is 16.8. The van der Waals surface area contributed by atoms with E-state index in [1.807, 2.05) is 45.9 Å². The normalized spacial score (nSPS) is 18.0. The van der Waals surface area contributed by atoms with Crippen LogP contribution in [0.2, 0.25) is 0 Å². The van der Waals surface area contributed by atoms with Gasteiger partial charge in [-0.3, -0.25) is 24.0 Å². The van der Waals surface area contributed by atoms with Gasteiger partial charge in [-0.1, -0.05) is 71.4 Å². The third-order valence-corrected chi connectivity index (χ3v) is 12.3. The Morgan fingerprint density at radius 3 is 2.17 bits per heavy atom. The number of hydrogen-bond donors (Lipinski definition) is 3. The van der Waals surface area contributed by atoms with Crippen molar-refractivity contribution in [2.45, 2.75) is 129 Å². The summed E-state index contributed by atoms with van der Waals surface area (Å²) < 4.78 is 17.3. The molecule has 0 aromatic heterocycles. The summed E-state index contributed by atoms with van der Waals surface area (Å²) in [4.78, 5) is 85.9. The van der Waals surface area contributed by atoms with Crippen LogP contribution >= 0.6 is 0 Å². The standard InChI is InChI=1S/C44H73N5O10/c1-12-29(4)39(47(8)42(54)32(28(2)3)26-36(50)44(6,7)48(9)37(51)20-23-59-24-21-45)35(57-10)27-38(52)49-22-16-19-34(49)40(58-11)30(5)41(53)46-33(43(55)56)25-31-17-14-13-15-18-31/h13-15,17-18,28-30,32-35,39-40H,12,16,19-27,45H2,1-11H3,(H,46,53)(H,55,56)/t29-,30+,32-,33-,34-,35+,39-,40+/m0/s1. The molecular weight excluding hydrogens is 759 g/mol. The van der Waals surface area contributed by atoms with Crippen molar-refractivity contribution < 1.29 is 48.1 Å². The van der Waals surface area contributed by atoms with Crippen LogP contribution in [0.15, 0.2) is 30.3 Å². The van der Waals surface area contributed by atoms with Crippen LogP contribution in [-0.4, -0.2) is 146 Å². The van der Waals surface area contributed by atoms with E-state index in [1.54, 1.807) is 56.8 Å². The van der Waals surface area contributed by atoms with E-state index in [0.29, 0.717) is 39.0 Å². The molecule has 1 aliphatic rings. The van der Waals surface area contributed by atoms with Crippen molar-refractivity contribution in [1.29, 1.82) is 0 Å². The summed E-state index contributed by atoms with van der Waals surface area (Å²) in [5.41, 5.74) is 5.06. The Bertz CT molecular complexity index is 1520. The fourth-order valence-electron chi connectivity index (χ4n) is 7.99. The lowest BCUT2D eigenvalue weighted by atomic mass is 9.82. The van der Waals surface area contributed by atoms with Gasteiger partial charge >= 0.3 is 5.97 Å². The van der Waals surface area contributed by atoms with Crippen LogP contribution in [-0.2, 0) is 49.4 Å². The molecule has 0 aliphatic carbocycles. The number of nitrogens with two attached hydrogens (primary N) is 1. The van der Waals surface area contributed by atoms with Gasteiger partial charge in [0.15, 0.2) is 5.78 Å². The monoisotopic (exact) mass is 832 g/mol. The largest absolute Gasteiger partial charge is 0.480 e. The van der Waals surface area contributed by atoms with Crippen LogP contribution in [0.5, 0.6) is 0 Å². The van der Waals surface area contributed by atoms with Crippen LogP contribution in [0.1, 0.15) is 92.6 Å². The third kappa shape index (κ3) is 14.1. The fraction of sp³-hybridized carbons (Fsp3) is 0.727. The zero-order chi connectivity index (χ0) is 44.6. The molecule has 0 spiro atoms. The van der Waals surface area contributed by atoms with Gasteiger partial charge in [0, 0.05) is 60.2 Å². The van der Waals surface area contributed by atoms with Crippen molar-refractivity contribution in [2.24, 2.45) is 29.4 Å². The average molecular weight is 832 g/mol. The van der Waals surface area contributed by atoms with E-state index in [4.69, 9.17) is 19.9 Å². The Morgan fingerprint density at radius 1 is 0.983 bits per heavy atom. The smallest absolute Gasteiger partial charge is 0.326 e. The molecule has 15 nitrogen and oxygen atoms in total. The number of nitrogens with zero attached hydrogens (tertiary/aromatic N) is 3.